The molecule has 0 spiro atoms. The van der Waals surface area contributed by atoms with Crippen LogP contribution in [0.2, 0.25) is 0 Å². The number of hydrogen-bond donors (Lipinski definition) is 0. The molecule has 0 aromatic rings. The summed E-state index contributed by atoms with van der Waals surface area (Å²) in [7, 11) is 0. The SMILES string of the molecule is CCCC/C=C\CCCCCCCC(=O)OCC(COC(=O)CCCCCCCCCCCCCCCCCC/C=C\C/C=C\C/C=C\CCCCCCC)OC(=O)CCCCCCCCCCCCCCCCCC. The van der Waals surface area contributed by atoms with Crippen LogP contribution in [0.1, 0.15) is 361 Å². The van der Waals surface area contributed by atoms with Gasteiger partial charge in [0.15, 0.2) is 6.10 Å². The molecule has 0 fully saturated rings. The maximum atomic E-state index is 12.9. The van der Waals surface area contributed by atoms with E-state index in [4.69, 9.17) is 14.2 Å². The summed E-state index contributed by atoms with van der Waals surface area (Å²) in [6, 6.07) is 0. The van der Waals surface area contributed by atoms with E-state index in [0.29, 0.717) is 19.3 Å². The van der Waals surface area contributed by atoms with Gasteiger partial charge in [-0.05, 0) is 77.0 Å². The standard InChI is InChI=1S/C70H128O6/c1-4-7-10-13-16-19-22-24-26-28-29-30-31-32-33-34-35-36-37-38-39-40-41-42-44-45-48-51-54-57-60-63-69(72)75-66-67(65-74-68(71)62-59-56-53-50-47-21-18-15-12-9-6-3)76-70(73)64-61-58-55-52-49-46-43-27-25-23-20-17-14-11-8-5-2/h15,18,22,24,28-29,31-32,67H,4-14,16-17,19-21,23,25-27,30,33-66H2,1-3H3/b18-15-,24-22-,29-28-,32-31-. The van der Waals surface area contributed by atoms with Crippen molar-refractivity contribution in [1.82, 2.24) is 0 Å². The van der Waals surface area contributed by atoms with Gasteiger partial charge in [0.1, 0.15) is 13.2 Å². The predicted octanol–water partition coefficient (Wildman–Crippen LogP) is 22.9. The Labute approximate surface area is 473 Å². The molecule has 0 aliphatic carbocycles. The van der Waals surface area contributed by atoms with Crippen molar-refractivity contribution in [2.24, 2.45) is 0 Å². The van der Waals surface area contributed by atoms with Gasteiger partial charge in [0.05, 0.1) is 0 Å². The van der Waals surface area contributed by atoms with Crippen LogP contribution < -0.4 is 0 Å². The van der Waals surface area contributed by atoms with E-state index in [0.717, 1.165) is 77.0 Å². The fourth-order valence-electron chi connectivity index (χ4n) is 9.96. The van der Waals surface area contributed by atoms with Crippen molar-refractivity contribution < 1.29 is 28.6 Å². The fraction of sp³-hybridized carbons (Fsp3) is 0.843. The second kappa shape index (κ2) is 64.9. The molecule has 0 radical (unpaired) electrons. The van der Waals surface area contributed by atoms with E-state index in [-0.39, 0.29) is 31.1 Å². The summed E-state index contributed by atoms with van der Waals surface area (Å²) in [6.45, 7) is 6.64. The summed E-state index contributed by atoms with van der Waals surface area (Å²) >= 11 is 0. The molecule has 0 amide bonds. The van der Waals surface area contributed by atoms with Crippen LogP contribution in [-0.2, 0) is 28.6 Å². The summed E-state index contributed by atoms with van der Waals surface area (Å²) in [5.41, 5.74) is 0. The first-order valence-electron chi connectivity index (χ1n) is 33.6. The third-order valence-corrected chi connectivity index (χ3v) is 15.1. The summed E-state index contributed by atoms with van der Waals surface area (Å²) in [5, 5.41) is 0. The molecule has 0 N–H and O–H groups in total. The Morgan fingerprint density at radius 3 is 0.789 bits per heavy atom. The quantitative estimate of drug-likeness (QED) is 0.0261. The molecule has 0 aliphatic rings. The number of rotatable bonds is 62. The maximum Gasteiger partial charge on any atom is 0.306 e. The second-order valence-corrected chi connectivity index (χ2v) is 22.7. The van der Waals surface area contributed by atoms with Crippen molar-refractivity contribution in [2.45, 2.75) is 367 Å². The molecule has 0 aliphatic heterocycles. The summed E-state index contributed by atoms with van der Waals surface area (Å²) in [4.78, 5) is 38.2. The highest BCUT2D eigenvalue weighted by atomic mass is 16.6. The minimum Gasteiger partial charge on any atom is -0.462 e. The van der Waals surface area contributed by atoms with E-state index in [1.54, 1.807) is 0 Å². The minimum atomic E-state index is -0.773. The van der Waals surface area contributed by atoms with Crippen LogP contribution in [0.3, 0.4) is 0 Å². The normalized spacial score (nSPS) is 12.3. The zero-order chi connectivity index (χ0) is 55.0. The molecule has 444 valence electrons. The number of allylic oxidation sites excluding steroid dienone is 8. The minimum absolute atomic E-state index is 0.0709. The zero-order valence-corrected chi connectivity index (χ0v) is 51.0. The van der Waals surface area contributed by atoms with Gasteiger partial charge >= 0.3 is 17.9 Å². The van der Waals surface area contributed by atoms with Crippen LogP contribution >= 0.6 is 0 Å². The van der Waals surface area contributed by atoms with Crippen LogP contribution in [-0.4, -0.2) is 37.2 Å². The van der Waals surface area contributed by atoms with Crippen LogP contribution in [0.15, 0.2) is 48.6 Å². The van der Waals surface area contributed by atoms with Crippen molar-refractivity contribution in [3.63, 3.8) is 0 Å². The first-order chi connectivity index (χ1) is 37.5. The van der Waals surface area contributed by atoms with E-state index in [1.165, 1.54) is 244 Å². The summed E-state index contributed by atoms with van der Waals surface area (Å²) < 4.78 is 16.9. The molecule has 1 unspecified atom stereocenters. The maximum absolute atomic E-state index is 12.9. The molecular weight excluding hydrogens is 937 g/mol. The number of ether oxygens (including phenoxy) is 3. The van der Waals surface area contributed by atoms with E-state index < -0.39 is 6.10 Å². The highest BCUT2D eigenvalue weighted by molar-refractivity contribution is 5.71. The van der Waals surface area contributed by atoms with Crippen LogP contribution in [0, 0.1) is 0 Å². The Kier molecular flexibility index (Phi) is 62.6. The molecular formula is C70H128O6. The number of carbonyl (C=O) groups is 3. The van der Waals surface area contributed by atoms with Crippen molar-refractivity contribution in [3.05, 3.63) is 48.6 Å². The summed E-state index contributed by atoms with van der Waals surface area (Å²) in [5.74, 6) is -0.859. The lowest BCUT2D eigenvalue weighted by atomic mass is 10.0. The van der Waals surface area contributed by atoms with Crippen molar-refractivity contribution in [2.75, 3.05) is 13.2 Å². The molecule has 76 heavy (non-hydrogen) atoms. The van der Waals surface area contributed by atoms with Gasteiger partial charge in [-0.1, -0.05) is 313 Å². The van der Waals surface area contributed by atoms with E-state index in [9.17, 15) is 14.4 Å². The molecule has 0 saturated heterocycles. The van der Waals surface area contributed by atoms with Gasteiger partial charge in [0.2, 0.25) is 0 Å². The Hall–Kier alpha value is -2.63. The molecule has 1 atom stereocenters. The Morgan fingerprint density at radius 2 is 0.487 bits per heavy atom. The molecule has 0 bridgehead atoms. The van der Waals surface area contributed by atoms with Crippen molar-refractivity contribution in [1.29, 1.82) is 0 Å². The van der Waals surface area contributed by atoms with Crippen molar-refractivity contribution in [3.8, 4) is 0 Å². The fourth-order valence-corrected chi connectivity index (χ4v) is 9.96. The summed E-state index contributed by atoms with van der Waals surface area (Å²) in [6.07, 6.45) is 81.4. The lowest BCUT2D eigenvalue weighted by Gasteiger charge is -2.18. The molecule has 0 aromatic heterocycles. The third kappa shape index (κ3) is 62.2. The lowest BCUT2D eigenvalue weighted by Crippen LogP contribution is -2.30. The monoisotopic (exact) mass is 1060 g/mol. The first-order valence-corrected chi connectivity index (χ1v) is 33.6. The highest BCUT2D eigenvalue weighted by Gasteiger charge is 2.19. The third-order valence-electron chi connectivity index (χ3n) is 15.1. The van der Waals surface area contributed by atoms with Crippen LogP contribution in [0.5, 0.6) is 0 Å². The van der Waals surface area contributed by atoms with E-state index in [1.807, 2.05) is 0 Å². The number of hydrogen-bond acceptors (Lipinski definition) is 6. The number of carbonyl (C=O) groups excluding carboxylic acids is 3. The van der Waals surface area contributed by atoms with Crippen molar-refractivity contribution >= 4 is 17.9 Å². The Morgan fingerprint density at radius 1 is 0.263 bits per heavy atom. The number of esters is 3. The van der Waals surface area contributed by atoms with Gasteiger partial charge in [-0.25, -0.2) is 0 Å². The Balaban J connectivity index is 4.12. The average Bonchev–Trinajstić information content (AvgIpc) is 3.42. The first kappa shape index (κ1) is 73.4. The van der Waals surface area contributed by atoms with Crippen LogP contribution in [0.25, 0.3) is 0 Å². The van der Waals surface area contributed by atoms with Gasteiger partial charge in [0.25, 0.3) is 0 Å². The molecule has 0 rings (SSSR count). The topological polar surface area (TPSA) is 78.9 Å². The Bertz CT molecular complexity index is 1310. The smallest absolute Gasteiger partial charge is 0.306 e. The highest BCUT2D eigenvalue weighted by Crippen LogP contribution is 2.18. The molecule has 6 nitrogen and oxygen atoms in total. The van der Waals surface area contributed by atoms with E-state index >= 15 is 0 Å². The van der Waals surface area contributed by atoms with E-state index in [2.05, 4.69) is 69.4 Å². The molecule has 6 heteroatoms. The number of unbranched alkanes of at least 4 members (excludes halogenated alkanes) is 43. The van der Waals surface area contributed by atoms with Gasteiger partial charge in [-0.2, -0.15) is 0 Å². The lowest BCUT2D eigenvalue weighted by molar-refractivity contribution is -0.167. The van der Waals surface area contributed by atoms with Gasteiger partial charge in [-0.15, -0.1) is 0 Å². The molecule has 0 saturated carbocycles. The predicted molar refractivity (Wildman–Crippen MR) is 330 cm³/mol. The molecule has 0 aromatic carbocycles. The zero-order valence-electron chi connectivity index (χ0n) is 51.0. The van der Waals surface area contributed by atoms with Gasteiger partial charge < -0.3 is 14.2 Å². The average molecular weight is 1070 g/mol. The largest absolute Gasteiger partial charge is 0.462 e. The van der Waals surface area contributed by atoms with Crippen LogP contribution in [0.4, 0.5) is 0 Å². The second-order valence-electron chi connectivity index (χ2n) is 22.7. The van der Waals surface area contributed by atoms with Gasteiger partial charge in [-0.3, -0.25) is 14.4 Å². The molecule has 0 heterocycles. The van der Waals surface area contributed by atoms with Gasteiger partial charge in [0, 0.05) is 19.3 Å².